The molecule has 0 bridgehead atoms. The standard InChI is InChI=1S/C22H25N3OS/c1-15-5-10-19(16(2)11-15)22-24-20(14-27-22)21(26)23-12-17-6-8-18(9-7-17)13-25(3)4/h5-11,14H,12-13H2,1-4H3,(H,23,26). The second-order valence-corrected chi connectivity index (χ2v) is 7.95. The highest BCUT2D eigenvalue weighted by atomic mass is 32.1. The number of nitrogens with one attached hydrogen (secondary N) is 1. The van der Waals surface area contributed by atoms with Gasteiger partial charge in [-0.05, 0) is 44.6 Å². The summed E-state index contributed by atoms with van der Waals surface area (Å²) in [6.07, 6.45) is 0. The Morgan fingerprint density at radius 2 is 1.78 bits per heavy atom. The van der Waals surface area contributed by atoms with Crippen LogP contribution < -0.4 is 5.32 Å². The number of carbonyl (C=O) groups excluding carboxylic acids is 1. The van der Waals surface area contributed by atoms with Gasteiger partial charge >= 0.3 is 0 Å². The summed E-state index contributed by atoms with van der Waals surface area (Å²) >= 11 is 1.50. The maximum absolute atomic E-state index is 12.4. The Morgan fingerprint density at radius 1 is 1.07 bits per heavy atom. The third kappa shape index (κ3) is 5.02. The lowest BCUT2D eigenvalue weighted by atomic mass is 10.1. The molecule has 0 fully saturated rings. The van der Waals surface area contributed by atoms with Gasteiger partial charge in [0.05, 0.1) is 0 Å². The molecule has 0 spiro atoms. The fourth-order valence-corrected chi connectivity index (χ4v) is 3.85. The predicted molar refractivity (Wildman–Crippen MR) is 112 cm³/mol. The Kier molecular flexibility index (Phi) is 6.04. The first-order chi connectivity index (χ1) is 12.9. The van der Waals surface area contributed by atoms with Gasteiger partial charge in [0.2, 0.25) is 0 Å². The molecule has 0 saturated heterocycles. The van der Waals surface area contributed by atoms with Crippen LogP contribution in [0.3, 0.4) is 0 Å². The van der Waals surface area contributed by atoms with Crippen molar-refractivity contribution in [3.05, 3.63) is 75.8 Å². The van der Waals surface area contributed by atoms with Crippen LogP contribution in [0.2, 0.25) is 0 Å². The molecule has 0 saturated carbocycles. The SMILES string of the molecule is Cc1ccc(-c2nc(C(=O)NCc3ccc(CN(C)C)cc3)cs2)c(C)c1. The van der Waals surface area contributed by atoms with Crippen LogP contribution in [-0.4, -0.2) is 29.9 Å². The number of rotatable bonds is 6. The molecule has 1 heterocycles. The van der Waals surface area contributed by atoms with Crippen molar-refractivity contribution in [3.63, 3.8) is 0 Å². The predicted octanol–water partition coefficient (Wildman–Crippen LogP) is 4.42. The number of benzene rings is 2. The van der Waals surface area contributed by atoms with Gasteiger partial charge in [-0.25, -0.2) is 4.98 Å². The Balaban J connectivity index is 1.63. The monoisotopic (exact) mass is 379 g/mol. The Labute approximate surface area is 164 Å². The molecule has 1 aromatic heterocycles. The maximum Gasteiger partial charge on any atom is 0.271 e. The molecular weight excluding hydrogens is 354 g/mol. The van der Waals surface area contributed by atoms with Gasteiger partial charge in [-0.1, -0.05) is 48.0 Å². The second kappa shape index (κ2) is 8.46. The lowest BCUT2D eigenvalue weighted by Crippen LogP contribution is -2.23. The van der Waals surface area contributed by atoms with Crippen LogP contribution in [0, 0.1) is 13.8 Å². The quantitative estimate of drug-likeness (QED) is 0.690. The van der Waals surface area contributed by atoms with E-state index in [1.54, 1.807) is 0 Å². The fourth-order valence-electron chi connectivity index (χ4n) is 2.96. The first-order valence-corrected chi connectivity index (χ1v) is 9.84. The third-order valence-electron chi connectivity index (χ3n) is 4.32. The van der Waals surface area contributed by atoms with Gasteiger partial charge in [-0.15, -0.1) is 11.3 Å². The molecule has 0 radical (unpaired) electrons. The topological polar surface area (TPSA) is 45.2 Å². The van der Waals surface area contributed by atoms with Gasteiger partial charge in [0, 0.05) is 24.0 Å². The van der Waals surface area contributed by atoms with Gasteiger partial charge in [0.1, 0.15) is 10.7 Å². The van der Waals surface area contributed by atoms with Crippen molar-refractivity contribution in [1.29, 1.82) is 0 Å². The first kappa shape index (κ1) is 19.3. The highest BCUT2D eigenvalue weighted by Gasteiger charge is 2.13. The van der Waals surface area contributed by atoms with Gasteiger partial charge < -0.3 is 10.2 Å². The highest BCUT2D eigenvalue weighted by Crippen LogP contribution is 2.27. The number of nitrogens with zero attached hydrogens (tertiary/aromatic N) is 2. The second-order valence-electron chi connectivity index (χ2n) is 7.09. The van der Waals surface area contributed by atoms with Crippen LogP contribution in [0.5, 0.6) is 0 Å². The van der Waals surface area contributed by atoms with Crippen LogP contribution in [-0.2, 0) is 13.1 Å². The molecule has 3 rings (SSSR count). The van der Waals surface area contributed by atoms with Crippen LogP contribution in [0.4, 0.5) is 0 Å². The molecule has 0 unspecified atom stereocenters. The van der Waals surface area contributed by atoms with Gasteiger partial charge in [-0.2, -0.15) is 0 Å². The molecule has 4 nitrogen and oxygen atoms in total. The summed E-state index contributed by atoms with van der Waals surface area (Å²) in [5.41, 5.74) is 6.29. The van der Waals surface area contributed by atoms with Crippen molar-refractivity contribution in [2.75, 3.05) is 14.1 Å². The average molecular weight is 380 g/mol. The molecule has 3 aromatic rings. The molecule has 0 aliphatic carbocycles. The smallest absolute Gasteiger partial charge is 0.271 e. The Hall–Kier alpha value is -2.50. The fraction of sp³-hybridized carbons (Fsp3) is 0.273. The number of thiazole rings is 1. The Bertz CT molecular complexity index is 929. The van der Waals surface area contributed by atoms with Crippen molar-refractivity contribution in [1.82, 2.24) is 15.2 Å². The number of carbonyl (C=O) groups is 1. The molecular formula is C22H25N3OS. The minimum Gasteiger partial charge on any atom is -0.347 e. The van der Waals surface area contributed by atoms with E-state index in [2.05, 4.69) is 71.5 Å². The molecule has 1 N–H and O–H groups in total. The van der Waals surface area contributed by atoms with Crippen molar-refractivity contribution in [3.8, 4) is 10.6 Å². The molecule has 5 heteroatoms. The molecule has 0 aliphatic rings. The van der Waals surface area contributed by atoms with Crippen molar-refractivity contribution in [2.45, 2.75) is 26.9 Å². The zero-order valence-electron chi connectivity index (χ0n) is 16.2. The molecule has 0 atom stereocenters. The summed E-state index contributed by atoms with van der Waals surface area (Å²) in [5.74, 6) is -0.139. The van der Waals surface area contributed by atoms with Gasteiger partial charge in [-0.3, -0.25) is 4.79 Å². The number of amides is 1. The van der Waals surface area contributed by atoms with Crippen LogP contribution in [0.15, 0.2) is 47.8 Å². The van der Waals surface area contributed by atoms with E-state index in [4.69, 9.17) is 0 Å². The molecule has 140 valence electrons. The van der Waals surface area contributed by atoms with Crippen molar-refractivity contribution >= 4 is 17.2 Å². The lowest BCUT2D eigenvalue weighted by molar-refractivity contribution is 0.0946. The molecule has 0 aliphatic heterocycles. The normalized spacial score (nSPS) is 11.0. The number of aryl methyl sites for hydroxylation is 2. The molecule has 2 aromatic carbocycles. The van der Waals surface area contributed by atoms with Gasteiger partial charge in [0.15, 0.2) is 0 Å². The van der Waals surface area contributed by atoms with Gasteiger partial charge in [0.25, 0.3) is 5.91 Å². The largest absolute Gasteiger partial charge is 0.347 e. The number of hydrogen-bond acceptors (Lipinski definition) is 4. The van der Waals surface area contributed by atoms with Crippen LogP contribution >= 0.6 is 11.3 Å². The maximum atomic E-state index is 12.4. The lowest BCUT2D eigenvalue weighted by Gasteiger charge is -2.10. The van der Waals surface area contributed by atoms with E-state index in [1.165, 1.54) is 28.0 Å². The van der Waals surface area contributed by atoms with E-state index in [0.717, 1.165) is 22.7 Å². The van der Waals surface area contributed by atoms with E-state index in [1.807, 2.05) is 19.5 Å². The molecule has 1 amide bonds. The summed E-state index contributed by atoms with van der Waals surface area (Å²) < 4.78 is 0. The minimum absolute atomic E-state index is 0.139. The number of hydrogen-bond donors (Lipinski definition) is 1. The minimum atomic E-state index is -0.139. The zero-order chi connectivity index (χ0) is 19.4. The van der Waals surface area contributed by atoms with E-state index in [0.29, 0.717) is 12.2 Å². The average Bonchev–Trinajstić information content (AvgIpc) is 3.10. The third-order valence-corrected chi connectivity index (χ3v) is 5.20. The summed E-state index contributed by atoms with van der Waals surface area (Å²) in [7, 11) is 4.10. The summed E-state index contributed by atoms with van der Waals surface area (Å²) in [6.45, 7) is 5.55. The zero-order valence-corrected chi connectivity index (χ0v) is 17.1. The summed E-state index contributed by atoms with van der Waals surface area (Å²) in [6, 6.07) is 14.6. The van der Waals surface area contributed by atoms with E-state index < -0.39 is 0 Å². The Morgan fingerprint density at radius 3 is 2.44 bits per heavy atom. The summed E-state index contributed by atoms with van der Waals surface area (Å²) in [5, 5.41) is 5.66. The van der Waals surface area contributed by atoms with E-state index in [-0.39, 0.29) is 5.91 Å². The van der Waals surface area contributed by atoms with Crippen molar-refractivity contribution < 1.29 is 4.79 Å². The summed E-state index contributed by atoms with van der Waals surface area (Å²) in [4.78, 5) is 19.1. The highest BCUT2D eigenvalue weighted by molar-refractivity contribution is 7.13. The van der Waals surface area contributed by atoms with Crippen LogP contribution in [0.25, 0.3) is 10.6 Å². The first-order valence-electron chi connectivity index (χ1n) is 8.96. The van der Waals surface area contributed by atoms with E-state index in [9.17, 15) is 4.79 Å². The van der Waals surface area contributed by atoms with Crippen molar-refractivity contribution in [2.24, 2.45) is 0 Å². The number of aromatic nitrogens is 1. The van der Waals surface area contributed by atoms with Crippen LogP contribution in [0.1, 0.15) is 32.7 Å². The molecule has 27 heavy (non-hydrogen) atoms. The van der Waals surface area contributed by atoms with E-state index >= 15 is 0 Å².